The van der Waals surface area contributed by atoms with Gasteiger partial charge in [-0.1, -0.05) is 27.5 Å². The largest absolute Gasteiger partial charge is 0.481 e. The molecule has 1 heterocycles. The normalized spacial score (nSPS) is 22.2. The number of halogens is 2. The van der Waals surface area contributed by atoms with Gasteiger partial charge in [-0.05, 0) is 18.2 Å². The fourth-order valence-corrected chi connectivity index (χ4v) is 2.62. The van der Waals surface area contributed by atoms with E-state index in [1.54, 1.807) is 18.2 Å². The molecule has 0 aliphatic carbocycles. The molecule has 2 rings (SSSR count). The maximum absolute atomic E-state index is 12.0. The van der Waals surface area contributed by atoms with Gasteiger partial charge in [-0.2, -0.15) is 0 Å². The molecule has 2 N–H and O–H groups in total. The van der Waals surface area contributed by atoms with Crippen LogP contribution in [0.1, 0.15) is 10.4 Å². The van der Waals surface area contributed by atoms with Crippen molar-refractivity contribution in [3.8, 4) is 0 Å². The van der Waals surface area contributed by atoms with Gasteiger partial charge in [0.1, 0.15) is 5.92 Å². The Labute approximate surface area is 123 Å². The number of carboxylic acid groups (broad SMARTS) is 1. The van der Waals surface area contributed by atoms with Gasteiger partial charge in [0.25, 0.3) is 5.91 Å². The minimum Gasteiger partial charge on any atom is -0.481 e. The Balaban J connectivity index is 2.10. The van der Waals surface area contributed by atoms with Crippen LogP contribution in [0.3, 0.4) is 0 Å². The van der Waals surface area contributed by atoms with Gasteiger partial charge in [-0.25, -0.2) is 0 Å². The molecular weight excluding hydrogens is 337 g/mol. The summed E-state index contributed by atoms with van der Waals surface area (Å²) in [5, 5.41) is 11.9. The molecule has 5 nitrogen and oxygen atoms in total. The maximum atomic E-state index is 12.0. The Morgan fingerprint density at radius 1 is 1.42 bits per heavy atom. The third kappa shape index (κ3) is 3.26. The number of nitrogens with one attached hydrogen (secondary N) is 1. The first kappa shape index (κ1) is 14.3. The highest BCUT2D eigenvalue weighted by Crippen LogP contribution is 2.22. The zero-order chi connectivity index (χ0) is 14.0. The number of hydrogen-bond donors (Lipinski definition) is 2. The number of aliphatic carboxylic acids is 1. The van der Waals surface area contributed by atoms with E-state index in [4.69, 9.17) is 21.4 Å². The highest BCUT2D eigenvalue weighted by atomic mass is 79.9. The third-order valence-electron chi connectivity index (χ3n) is 2.89. The molecule has 7 heteroatoms. The second-order valence-electron chi connectivity index (χ2n) is 4.19. The van der Waals surface area contributed by atoms with Gasteiger partial charge < -0.3 is 15.2 Å². The van der Waals surface area contributed by atoms with Gasteiger partial charge >= 0.3 is 5.97 Å². The van der Waals surface area contributed by atoms with Crippen LogP contribution in [-0.4, -0.2) is 36.2 Å². The van der Waals surface area contributed by atoms with Crippen LogP contribution in [0, 0.1) is 5.92 Å². The second-order valence-corrected chi connectivity index (χ2v) is 5.51. The van der Waals surface area contributed by atoms with Gasteiger partial charge in [0.2, 0.25) is 0 Å². The quantitative estimate of drug-likeness (QED) is 0.875. The number of carboxylic acids is 1. The Kier molecular flexibility index (Phi) is 4.44. The lowest BCUT2D eigenvalue weighted by molar-refractivity contribution is -0.142. The molecule has 1 aliphatic heterocycles. The number of ether oxygens (including phenoxy) is 1. The van der Waals surface area contributed by atoms with Crippen LogP contribution < -0.4 is 5.32 Å². The summed E-state index contributed by atoms with van der Waals surface area (Å²) in [7, 11) is 0. The lowest BCUT2D eigenvalue weighted by Crippen LogP contribution is -2.42. The molecule has 0 aromatic heterocycles. The molecule has 1 amide bonds. The second kappa shape index (κ2) is 5.90. The van der Waals surface area contributed by atoms with E-state index in [-0.39, 0.29) is 13.2 Å². The third-order valence-corrected chi connectivity index (χ3v) is 3.70. The minimum absolute atomic E-state index is 0.106. The molecule has 102 valence electrons. The molecule has 2 atom stereocenters. The maximum Gasteiger partial charge on any atom is 0.311 e. The summed E-state index contributed by atoms with van der Waals surface area (Å²) in [5.41, 5.74) is 0.306. The van der Waals surface area contributed by atoms with Gasteiger partial charge in [-0.15, -0.1) is 0 Å². The van der Waals surface area contributed by atoms with E-state index in [0.29, 0.717) is 10.6 Å². The predicted octanol–water partition coefficient (Wildman–Crippen LogP) is 1.93. The van der Waals surface area contributed by atoms with Gasteiger partial charge in [0, 0.05) is 4.47 Å². The van der Waals surface area contributed by atoms with E-state index < -0.39 is 23.8 Å². The Morgan fingerprint density at radius 3 is 2.79 bits per heavy atom. The molecule has 1 fully saturated rings. The fraction of sp³-hybridized carbons (Fsp3) is 0.333. The zero-order valence-electron chi connectivity index (χ0n) is 9.73. The van der Waals surface area contributed by atoms with E-state index >= 15 is 0 Å². The summed E-state index contributed by atoms with van der Waals surface area (Å²) in [6.45, 7) is 0.297. The summed E-state index contributed by atoms with van der Waals surface area (Å²) in [6, 6.07) is 4.34. The molecule has 2 unspecified atom stereocenters. The fourth-order valence-electron chi connectivity index (χ4n) is 1.86. The monoisotopic (exact) mass is 347 g/mol. The smallest absolute Gasteiger partial charge is 0.311 e. The van der Waals surface area contributed by atoms with E-state index in [1.165, 1.54) is 0 Å². The van der Waals surface area contributed by atoms with E-state index in [2.05, 4.69) is 21.2 Å². The first-order valence-corrected chi connectivity index (χ1v) is 6.72. The summed E-state index contributed by atoms with van der Waals surface area (Å²) in [6.07, 6.45) is 0. The molecule has 0 bridgehead atoms. The van der Waals surface area contributed by atoms with Crippen molar-refractivity contribution in [3.05, 3.63) is 33.3 Å². The topological polar surface area (TPSA) is 75.6 Å². The van der Waals surface area contributed by atoms with E-state index in [9.17, 15) is 9.59 Å². The zero-order valence-corrected chi connectivity index (χ0v) is 12.1. The van der Waals surface area contributed by atoms with Crippen molar-refractivity contribution in [1.29, 1.82) is 0 Å². The molecule has 0 spiro atoms. The van der Waals surface area contributed by atoms with Crippen LogP contribution in [-0.2, 0) is 9.53 Å². The van der Waals surface area contributed by atoms with Crippen LogP contribution >= 0.6 is 27.5 Å². The number of amides is 1. The lowest BCUT2D eigenvalue weighted by Gasteiger charge is -2.16. The predicted molar refractivity (Wildman–Crippen MR) is 72.4 cm³/mol. The van der Waals surface area contributed by atoms with Crippen LogP contribution in [0.2, 0.25) is 5.02 Å². The SMILES string of the molecule is O=C(NC1COCC1C(=O)O)c1ccc(Br)cc1Cl. The summed E-state index contributed by atoms with van der Waals surface area (Å²) >= 11 is 9.22. The summed E-state index contributed by atoms with van der Waals surface area (Å²) in [4.78, 5) is 23.0. The molecule has 0 radical (unpaired) electrons. The Bertz CT molecular complexity index is 522. The van der Waals surface area contributed by atoms with Gasteiger partial charge in [0.05, 0.1) is 29.8 Å². The first-order chi connectivity index (χ1) is 8.99. The molecule has 19 heavy (non-hydrogen) atoms. The lowest BCUT2D eigenvalue weighted by atomic mass is 10.0. The van der Waals surface area contributed by atoms with Crippen molar-refractivity contribution in [2.75, 3.05) is 13.2 Å². The number of rotatable bonds is 3. The molecule has 1 aromatic carbocycles. The Hall–Kier alpha value is -1.11. The number of carbonyl (C=O) groups excluding carboxylic acids is 1. The Morgan fingerprint density at radius 2 is 2.16 bits per heavy atom. The molecule has 1 aliphatic rings. The minimum atomic E-state index is -0.982. The van der Waals surface area contributed by atoms with Crippen LogP contribution in [0.4, 0.5) is 0 Å². The van der Waals surface area contributed by atoms with E-state index in [0.717, 1.165) is 4.47 Å². The standard InChI is InChI=1S/C12H11BrClNO4/c13-6-1-2-7(9(14)3-6)11(16)15-10-5-19-4-8(10)12(17)18/h1-3,8,10H,4-5H2,(H,15,16)(H,17,18). The molecule has 1 saturated heterocycles. The van der Waals surface area contributed by atoms with Crippen LogP contribution in [0.5, 0.6) is 0 Å². The van der Waals surface area contributed by atoms with Crippen molar-refractivity contribution in [2.24, 2.45) is 5.92 Å². The van der Waals surface area contributed by atoms with Crippen molar-refractivity contribution in [3.63, 3.8) is 0 Å². The van der Waals surface area contributed by atoms with Crippen molar-refractivity contribution < 1.29 is 19.4 Å². The number of hydrogen-bond acceptors (Lipinski definition) is 3. The van der Waals surface area contributed by atoms with Crippen molar-refractivity contribution in [2.45, 2.75) is 6.04 Å². The van der Waals surface area contributed by atoms with E-state index in [1.807, 2.05) is 0 Å². The average molecular weight is 349 g/mol. The average Bonchev–Trinajstić information content (AvgIpc) is 2.76. The van der Waals surface area contributed by atoms with Gasteiger partial charge in [0.15, 0.2) is 0 Å². The highest BCUT2D eigenvalue weighted by molar-refractivity contribution is 9.10. The van der Waals surface area contributed by atoms with Gasteiger partial charge in [-0.3, -0.25) is 9.59 Å². The molecule has 0 saturated carbocycles. The number of carbonyl (C=O) groups is 2. The van der Waals surface area contributed by atoms with Crippen molar-refractivity contribution >= 4 is 39.4 Å². The van der Waals surface area contributed by atoms with Crippen molar-refractivity contribution in [1.82, 2.24) is 5.32 Å². The first-order valence-electron chi connectivity index (χ1n) is 5.55. The summed E-state index contributed by atoms with van der Waals surface area (Å²) < 4.78 is 5.85. The molecule has 1 aromatic rings. The van der Waals surface area contributed by atoms with Crippen LogP contribution in [0.15, 0.2) is 22.7 Å². The summed E-state index contributed by atoms with van der Waals surface area (Å²) in [5.74, 6) is -2.11. The molecular formula is C12H11BrClNO4. The number of benzene rings is 1. The van der Waals surface area contributed by atoms with Crippen LogP contribution in [0.25, 0.3) is 0 Å². The highest BCUT2D eigenvalue weighted by Gasteiger charge is 2.35.